The van der Waals surface area contributed by atoms with Crippen LogP contribution in [0.4, 0.5) is 0 Å². The summed E-state index contributed by atoms with van der Waals surface area (Å²) in [5.41, 5.74) is 2.61. The van der Waals surface area contributed by atoms with E-state index in [4.69, 9.17) is 4.74 Å². The Bertz CT molecular complexity index is 552. The summed E-state index contributed by atoms with van der Waals surface area (Å²) in [5, 5.41) is 10.6. The maximum absolute atomic E-state index is 10.6. The molecule has 1 unspecified atom stereocenters. The summed E-state index contributed by atoms with van der Waals surface area (Å²) in [4.78, 5) is 4.05. The standard InChI is InChI=1S/C16H19NO2/c1-11(2)19-15-7-5-4-6-14(15)16(18)13-8-9-17-10-12(13)3/h4-11,16,18H,1-3H3. The van der Waals surface area contributed by atoms with Crippen molar-refractivity contribution >= 4 is 0 Å². The highest BCUT2D eigenvalue weighted by atomic mass is 16.5. The van der Waals surface area contributed by atoms with Crippen LogP contribution in [0.25, 0.3) is 0 Å². The fraction of sp³-hybridized carbons (Fsp3) is 0.312. The maximum atomic E-state index is 10.6. The summed E-state index contributed by atoms with van der Waals surface area (Å²) in [6.07, 6.45) is 2.83. The normalized spacial score (nSPS) is 12.5. The average molecular weight is 257 g/mol. The number of benzene rings is 1. The van der Waals surface area contributed by atoms with E-state index in [9.17, 15) is 5.11 Å². The molecule has 0 spiro atoms. The van der Waals surface area contributed by atoms with Crippen LogP contribution in [0.5, 0.6) is 5.75 Å². The van der Waals surface area contributed by atoms with Gasteiger partial charge in [0.2, 0.25) is 0 Å². The summed E-state index contributed by atoms with van der Waals surface area (Å²) in [6, 6.07) is 9.43. The van der Waals surface area contributed by atoms with Gasteiger partial charge in [-0.05, 0) is 44.0 Å². The SMILES string of the molecule is Cc1cnccc1C(O)c1ccccc1OC(C)C. The van der Waals surface area contributed by atoms with Gasteiger partial charge in [-0.1, -0.05) is 18.2 Å². The molecule has 1 aromatic carbocycles. The van der Waals surface area contributed by atoms with Crippen LogP contribution < -0.4 is 4.74 Å². The highest BCUT2D eigenvalue weighted by Gasteiger charge is 2.17. The molecule has 1 heterocycles. The van der Waals surface area contributed by atoms with Crippen molar-refractivity contribution in [3.63, 3.8) is 0 Å². The molecule has 0 aliphatic carbocycles. The minimum atomic E-state index is -0.696. The molecule has 0 bridgehead atoms. The second kappa shape index (κ2) is 5.85. The molecule has 0 saturated heterocycles. The third kappa shape index (κ3) is 3.12. The molecular weight excluding hydrogens is 238 g/mol. The van der Waals surface area contributed by atoms with E-state index in [1.807, 2.05) is 51.1 Å². The van der Waals surface area contributed by atoms with Crippen molar-refractivity contribution in [2.24, 2.45) is 0 Å². The van der Waals surface area contributed by atoms with Crippen molar-refractivity contribution in [1.29, 1.82) is 0 Å². The maximum Gasteiger partial charge on any atom is 0.125 e. The topological polar surface area (TPSA) is 42.4 Å². The van der Waals surface area contributed by atoms with Gasteiger partial charge in [-0.2, -0.15) is 0 Å². The van der Waals surface area contributed by atoms with Crippen molar-refractivity contribution in [1.82, 2.24) is 4.98 Å². The molecule has 3 nitrogen and oxygen atoms in total. The molecule has 2 rings (SSSR count). The smallest absolute Gasteiger partial charge is 0.125 e. The van der Waals surface area contributed by atoms with Crippen molar-refractivity contribution in [2.75, 3.05) is 0 Å². The van der Waals surface area contributed by atoms with Crippen molar-refractivity contribution in [3.8, 4) is 5.75 Å². The molecule has 0 aliphatic heterocycles. The highest BCUT2D eigenvalue weighted by Crippen LogP contribution is 2.31. The summed E-state index contributed by atoms with van der Waals surface area (Å²) in [5.74, 6) is 0.723. The number of aryl methyl sites for hydroxylation is 1. The largest absolute Gasteiger partial charge is 0.491 e. The predicted octanol–water partition coefficient (Wildman–Crippen LogP) is 3.26. The Hall–Kier alpha value is -1.87. The van der Waals surface area contributed by atoms with E-state index in [1.54, 1.807) is 12.4 Å². The fourth-order valence-electron chi connectivity index (χ4n) is 2.03. The number of rotatable bonds is 4. The quantitative estimate of drug-likeness (QED) is 0.914. The van der Waals surface area contributed by atoms with Gasteiger partial charge in [-0.25, -0.2) is 0 Å². The minimum absolute atomic E-state index is 0.0758. The van der Waals surface area contributed by atoms with Crippen LogP contribution in [-0.2, 0) is 0 Å². The number of ether oxygens (including phenoxy) is 1. The molecule has 0 amide bonds. The van der Waals surface area contributed by atoms with E-state index in [-0.39, 0.29) is 6.10 Å². The first-order chi connectivity index (χ1) is 9.09. The van der Waals surface area contributed by atoms with Gasteiger partial charge in [0.1, 0.15) is 11.9 Å². The van der Waals surface area contributed by atoms with Crippen molar-refractivity contribution in [3.05, 3.63) is 59.4 Å². The molecule has 3 heteroatoms. The number of aliphatic hydroxyl groups excluding tert-OH is 1. The van der Waals surface area contributed by atoms with Crippen molar-refractivity contribution < 1.29 is 9.84 Å². The minimum Gasteiger partial charge on any atom is -0.491 e. The van der Waals surface area contributed by atoms with E-state index in [2.05, 4.69) is 4.98 Å². The van der Waals surface area contributed by atoms with Crippen molar-refractivity contribution in [2.45, 2.75) is 33.0 Å². The van der Waals surface area contributed by atoms with Crippen LogP contribution in [0.3, 0.4) is 0 Å². The Morgan fingerprint density at radius 1 is 1.11 bits per heavy atom. The van der Waals surface area contributed by atoms with Gasteiger partial charge in [-0.3, -0.25) is 4.98 Å². The number of aromatic nitrogens is 1. The number of para-hydroxylation sites is 1. The lowest BCUT2D eigenvalue weighted by atomic mass is 9.98. The monoisotopic (exact) mass is 257 g/mol. The third-order valence-electron chi connectivity index (χ3n) is 2.93. The molecule has 19 heavy (non-hydrogen) atoms. The number of pyridine rings is 1. The zero-order chi connectivity index (χ0) is 13.8. The zero-order valence-corrected chi connectivity index (χ0v) is 11.5. The van der Waals surface area contributed by atoms with Gasteiger partial charge in [0, 0.05) is 18.0 Å². The average Bonchev–Trinajstić information content (AvgIpc) is 2.38. The van der Waals surface area contributed by atoms with Gasteiger partial charge in [-0.15, -0.1) is 0 Å². The van der Waals surface area contributed by atoms with Gasteiger partial charge >= 0.3 is 0 Å². The lowest BCUT2D eigenvalue weighted by Gasteiger charge is -2.19. The van der Waals surface area contributed by atoms with E-state index in [0.29, 0.717) is 0 Å². The lowest BCUT2D eigenvalue weighted by molar-refractivity contribution is 0.197. The highest BCUT2D eigenvalue weighted by molar-refractivity contribution is 5.41. The van der Waals surface area contributed by atoms with Gasteiger partial charge in [0.15, 0.2) is 0 Å². The zero-order valence-electron chi connectivity index (χ0n) is 11.5. The van der Waals surface area contributed by atoms with Crippen LogP contribution in [0.2, 0.25) is 0 Å². The van der Waals surface area contributed by atoms with E-state index in [0.717, 1.165) is 22.4 Å². The van der Waals surface area contributed by atoms with Crippen LogP contribution >= 0.6 is 0 Å². The molecule has 0 saturated carbocycles. The molecule has 1 N–H and O–H groups in total. The first-order valence-corrected chi connectivity index (χ1v) is 6.43. The molecule has 0 aliphatic rings. The number of hydrogen-bond donors (Lipinski definition) is 1. The number of aliphatic hydroxyl groups is 1. The number of hydrogen-bond acceptors (Lipinski definition) is 3. The summed E-state index contributed by atoms with van der Waals surface area (Å²) >= 11 is 0. The van der Waals surface area contributed by atoms with E-state index >= 15 is 0 Å². The molecule has 100 valence electrons. The Morgan fingerprint density at radius 3 is 2.53 bits per heavy atom. The first-order valence-electron chi connectivity index (χ1n) is 6.43. The van der Waals surface area contributed by atoms with E-state index in [1.165, 1.54) is 0 Å². The summed E-state index contributed by atoms with van der Waals surface area (Å²) in [6.45, 7) is 5.89. The van der Waals surface area contributed by atoms with Crippen LogP contribution in [0.15, 0.2) is 42.7 Å². The first kappa shape index (κ1) is 13.6. The van der Waals surface area contributed by atoms with E-state index < -0.39 is 6.10 Å². The Balaban J connectivity index is 2.39. The van der Waals surface area contributed by atoms with Gasteiger partial charge in [0.05, 0.1) is 6.10 Å². The fourth-order valence-corrected chi connectivity index (χ4v) is 2.03. The molecule has 1 aromatic heterocycles. The molecule has 0 radical (unpaired) electrons. The second-order valence-electron chi connectivity index (χ2n) is 4.84. The Kier molecular flexibility index (Phi) is 4.17. The summed E-state index contributed by atoms with van der Waals surface area (Å²) in [7, 11) is 0. The van der Waals surface area contributed by atoms with Crippen LogP contribution in [-0.4, -0.2) is 16.2 Å². The number of nitrogens with zero attached hydrogens (tertiary/aromatic N) is 1. The summed E-state index contributed by atoms with van der Waals surface area (Å²) < 4.78 is 5.75. The lowest BCUT2D eigenvalue weighted by Crippen LogP contribution is -2.10. The van der Waals surface area contributed by atoms with Crippen LogP contribution in [0.1, 0.15) is 36.6 Å². The Labute approximate surface area is 113 Å². The molecular formula is C16H19NO2. The van der Waals surface area contributed by atoms with Gasteiger partial charge in [0.25, 0.3) is 0 Å². The predicted molar refractivity (Wildman–Crippen MR) is 75.2 cm³/mol. The second-order valence-corrected chi connectivity index (χ2v) is 4.84. The van der Waals surface area contributed by atoms with Crippen LogP contribution in [0, 0.1) is 6.92 Å². The molecule has 2 aromatic rings. The molecule has 0 fully saturated rings. The van der Waals surface area contributed by atoms with Gasteiger partial charge < -0.3 is 9.84 Å². The Morgan fingerprint density at radius 2 is 1.84 bits per heavy atom. The third-order valence-corrected chi connectivity index (χ3v) is 2.93. The molecule has 1 atom stereocenters.